The third-order valence-corrected chi connectivity index (χ3v) is 5.09. The number of carbonyl (C=O) groups is 2. The number of halogens is 1. The first-order valence-electron chi connectivity index (χ1n) is 10.0. The molecule has 0 aliphatic carbocycles. The lowest BCUT2D eigenvalue weighted by Crippen LogP contribution is -2.24. The number of rotatable bonds is 7. The van der Waals surface area contributed by atoms with Gasteiger partial charge in [-0.1, -0.05) is 0 Å². The lowest BCUT2D eigenvalue weighted by Gasteiger charge is -2.17. The first-order chi connectivity index (χ1) is 15.0. The standard InChI is InChI=1S/C23H22FN3O4/c1-30-17-7-4-15(5-8-17)20-14-25-22(31-20)11-10-21(28)26-16-6-9-19(18(24)13-16)27-12-2-3-23(27)29/h4-9,13-14H,2-3,10-12H2,1H3,(H,26,28). The highest BCUT2D eigenvalue weighted by atomic mass is 19.1. The Bertz CT molecular complexity index is 1090. The first-order valence-corrected chi connectivity index (χ1v) is 10.0. The molecule has 1 N–H and O–H groups in total. The maximum atomic E-state index is 14.4. The van der Waals surface area contributed by atoms with Crippen LogP contribution < -0.4 is 15.0 Å². The van der Waals surface area contributed by atoms with Gasteiger partial charge in [0.05, 0.1) is 19.0 Å². The number of nitrogens with one attached hydrogen (secondary N) is 1. The minimum atomic E-state index is -0.537. The van der Waals surface area contributed by atoms with Crippen molar-refractivity contribution in [3.05, 3.63) is 60.4 Å². The van der Waals surface area contributed by atoms with Crippen LogP contribution in [0.2, 0.25) is 0 Å². The third-order valence-electron chi connectivity index (χ3n) is 5.09. The molecule has 0 bridgehead atoms. The van der Waals surface area contributed by atoms with E-state index in [0.29, 0.717) is 36.7 Å². The minimum absolute atomic E-state index is 0.0874. The van der Waals surface area contributed by atoms with Gasteiger partial charge in [0.1, 0.15) is 11.6 Å². The predicted molar refractivity (Wildman–Crippen MR) is 113 cm³/mol. The number of nitrogens with zero attached hydrogens (tertiary/aromatic N) is 2. The summed E-state index contributed by atoms with van der Waals surface area (Å²) >= 11 is 0. The number of aryl methyl sites for hydroxylation is 1. The van der Waals surface area contributed by atoms with E-state index in [4.69, 9.17) is 9.15 Å². The second kappa shape index (κ2) is 8.99. The Morgan fingerprint density at radius 2 is 2.06 bits per heavy atom. The number of ether oxygens (including phenoxy) is 1. The topological polar surface area (TPSA) is 84.7 Å². The third kappa shape index (κ3) is 4.74. The number of carbonyl (C=O) groups excluding carboxylic acids is 2. The maximum absolute atomic E-state index is 14.4. The van der Waals surface area contributed by atoms with Crippen LogP contribution >= 0.6 is 0 Å². The molecule has 0 atom stereocenters. The van der Waals surface area contributed by atoms with Crippen LogP contribution in [0, 0.1) is 5.82 Å². The fraction of sp³-hybridized carbons (Fsp3) is 0.261. The summed E-state index contributed by atoms with van der Waals surface area (Å²) in [7, 11) is 1.60. The summed E-state index contributed by atoms with van der Waals surface area (Å²) in [5, 5.41) is 2.67. The maximum Gasteiger partial charge on any atom is 0.227 e. The van der Waals surface area contributed by atoms with Crippen LogP contribution in [-0.4, -0.2) is 30.5 Å². The Hall–Kier alpha value is -3.68. The summed E-state index contributed by atoms with van der Waals surface area (Å²) in [6.45, 7) is 0.510. The van der Waals surface area contributed by atoms with Crippen molar-refractivity contribution in [1.82, 2.24) is 4.98 Å². The molecule has 2 aromatic carbocycles. The Morgan fingerprint density at radius 1 is 1.26 bits per heavy atom. The molecule has 0 saturated carbocycles. The monoisotopic (exact) mass is 423 g/mol. The second-order valence-electron chi connectivity index (χ2n) is 7.21. The van der Waals surface area contributed by atoms with Crippen molar-refractivity contribution in [2.45, 2.75) is 25.7 Å². The Balaban J connectivity index is 1.33. The highest BCUT2D eigenvalue weighted by Crippen LogP contribution is 2.27. The van der Waals surface area contributed by atoms with Crippen molar-refractivity contribution in [2.24, 2.45) is 0 Å². The number of benzene rings is 2. The molecular formula is C23H22FN3O4. The zero-order chi connectivity index (χ0) is 21.8. The molecule has 2 amide bonds. The smallest absolute Gasteiger partial charge is 0.227 e. The molecule has 31 heavy (non-hydrogen) atoms. The van der Waals surface area contributed by atoms with Gasteiger partial charge in [-0.05, 0) is 48.9 Å². The molecule has 8 heteroatoms. The molecule has 7 nitrogen and oxygen atoms in total. The van der Waals surface area contributed by atoms with E-state index >= 15 is 0 Å². The van der Waals surface area contributed by atoms with Crippen LogP contribution in [0.1, 0.15) is 25.2 Å². The zero-order valence-corrected chi connectivity index (χ0v) is 17.1. The van der Waals surface area contributed by atoms with E-state index in [9.17, 15) is 14.0 Å². The molecule has 160 valence electrons. The van der Waals surface area contributed by atoms with Gasteiger partial charge in [-0.15, -0.1) is 0 Å². The normalized spacial score (nSPS) is 13.5. The summed E-state index contributed by atoms with van der Waals surface area (Å²) in [6.07, 6.45) is 3.21. The van der Waals surface area contributed by atoms with Crippen molar-refractivity contribution in [1.29, 1.82) is 0 Å². The number of methoxy groups -OCH3 is 1. The molecule has 0 unspecified atom stereocenters. The molecule has 1 fully saturated rings. The van der Waals surface area contributed by atoms with Crippen LogP contribution in [-0.2, 0) is 16.0 Å². The predicted octanol–water partition coefficient (Wildman–Crippen LogP) is 4.19. The minimum Gasteiger partial charge on any atom is -0.497 e. The van der Waals surface area contributed by atoms with Crippen LogP contribution in [0.15, 0.2) is 53.1 Å². The van der Waals surface area contributed by atoms with Crippen LogP contribution in [0.3, 0.4) is 0 Å². The van der Waals surface area contributed by atoms with Gasteiger partial charge in [0, 0.05) is 37.1 Å². The fourth-order valence-corrected chi connectivity index (χ4v) is 3.46. The molecule has 2 heterocycles. The molecule has 1 aliphatic heterocycles. The molecule has 0 spiro atoms. The molecule has 1 saturated heterocycles. The number of anilines is 2. The highest BCUT2D eigenvalue weighted by molar-refractivity contribution is 5.96. The van der Waals surface area contributed by atoms with E-state index in [0.717, 1.165) is 17.7 Å². The summed E-state index contributed by atoms with van der Waals surface area (Å²) in [6, 6.07) is 11.7. The summed E-state index contributed by atoms with van der Waals surface area (Å²) < 4.78 is 25.3. The van der Waals surface area contributed by atoms with Crippen molar-refractivity contribution in [2.75, 3.05) is 23.9 Å². The molecule has 3 aromatic rings. The van der Waals surface area contributed by atoms with Gasteiger partial charge in [0.15, 0.2) is 11.7 Å². The van der Waals surface area contributed by atoms with Crippen molar-refractivity contribution >= 4 is 23.2 Å². The second-order valence-corrected chi connectivity index (χ2v) is 7.21. The highest BCUT2D eigenvalue weighted by Gasteiger charge is 2.24. The average Bonchev–Trinajstić information content (AvgIpc) is 3.42. The number of amides is 2. The molecule has 1 aliphatic rings. The number of hydrogen-bond acceptors (Lipinski definition) is 5. The Kier molecular flexibility index (Phi) is 5.97. The lowest BCUT2D eigenvalue weighted by atomic mass is 10.2. The first kappa shape index (κ1) is 20.6. The van der Waals surface area contributed by atoms with E-state index in [1.165, 1.54) is 17.0 Å². The van der Waals surface area contributed by atoms with Crippen molar-refractivity contribution in [3.63, 3.8) is 0 Å². The fourth-order valence-electron chi connectivity index (χ4n) is 3.46. The number of aromatic nitrogens is 1. The van der Waals surface area contributed by atoms with E-state index in [1.807, 2.05) is 24.3 Å². The van der Waals surface area contributed by atoms with Gasteiger partial charge in [-0.3, -0.25) is 9.59 Å². The van der Waals surface area contributed by atoms with Crippen LogP contribution in [0.5, 0.6) is 5.75 Å². The van der Waals surface area contributed by atoms with Gasteiger partial charge < -0.3 is 19.4 Å². The molecule has 4 rings (SSSR count). The van der Waals surface area contributed by atoms with Gasteiger partial charge in [0.2, 0.25) is 11.8 Å². The van der Waals surface area contributed by atoms with Gasteiger partial charge >= 0.3 is 0 Å². The SMILES string of the molecule is COc1ccc(-c2cnc(CCC(=O)Nc3ccc(N4CCCC4=O)c(F)c3)o2)cc1. The largest absolute Gasteiger partial charge is 0.497 e. The van der Waals surface area contributed by atoms with Gasteiger partial charge in [0.25, 0.3) is 0 Å². The zero-order valence-electron chi connectivity index (χ0n) is 17.1. The molecule has 0 radical (unpaired) electrons. The summed E-state index contributed by atoms with van der Waals surface area (Å²) in [5.41, 5.74) is 1.44. The van der Waals surface area contributed by atoms with Crippen molar-refractivity contribution in [3.8, 4) is 17.1 Å². The molecule has 1 aromatic heterocycles. The quantitative estimate of drug-likeness (QED) is 0.616. The van der Waals surface area contributed by atoms with E-state index < -0.39 is 5.82 Å². The van der Waals surface area contributed by atoms with Crippen LogP contribution in [0.25, 0.3) is 11.3 Å². The van der Waals surface area contributed by atoms with Crippen LogP contribution in [0.4, 0.5) is 15.8 Å². The van der Waals surface area contributed by atoms with Gasteiger partial charge in [-0.25, -0.2) is 9.37 Å². The van der Waals surface area contributed by atoms with E-state index in [-0.39, 0.29) is 23.9 Å². The number of hydrogen-bond donors (Lipinski definition) is 1. The van der Waals surface area contributed by atoms with Crippen molar-refractivity contribution < 1.29 is 23.1 Å². The summed E-state index contributed by atoms with van der Waals surface area (Å²) in [5.74, 6) is 0.882. The average molecular weight is 423 g/mol. The van der Waals surface area contributed by atoms with E-state index in [2.05, 4.69) is 10.3 Å². The van der Waals surface area contributed by atoms with E-state index in [1.54, 1.807) is 19.4 Å². The molecular weight excluding hydrogens is 401 g/mol. The Morgan fingerprint density at radius 3 is 2.74 bits per heavy atom. The summed E-state index contributed by atoms with van der Waals surface area (Å²) in [4.78, 5) is 29.7. The van der Waals surface area contributed by atoms with Gasteiger partial charge in [-0.2, -0.15) is 0 Å². The Labute approximate surface area is 178 Å². The number of oxazole rings is 1. The lowest BCUT2D eigenvalue weighted by molar-refractivity contribution is -0.117.